The summed E-state index contributed by atoms with van der Waals surface area (Å²) < 4.78 is 13.2. The first-order valence-electron chi connectivity index (χ1n) is 21.3. The number of unbranched alkanes of at least 4 members (excludes halogenated alkanes) is 18. The van der Waals surface area contributed by atoms with Gasteiger partial charge in [0.25, 0.3) is 0 Å². The molecule has 1 aliphatic heterocycles. The van der Waals surface area contributed by atoms with Crippen molar-refractivity contribution in [3.05, 3.63) is 48.6 Å². The summed E-state index contributed by atoms with van der Waals surface area (Å²) in [6.07, 6.45) is 52.5. The lowest BCUT2D eigenvalue weighted by Crippen LogP contribution is -2.32. The molecule has 0 spiro atoms. The maximum Gasteiger partial charge on any atom is 0.185 e. The van der Waals surface area contributed by atoms with E-state index in [0.29, 0.717) is 13.2 Å². The number of allylic oxidation sites excluding steroid dienone is 8. The second-order valence-corrected chi connectivity index (χ2v) is 14.5. The van der Waals surface area contributed by atoms with Gasteiger partial charge in [0, 0.05) is 19.4 Å². The molecule has 6 nitrogen and oxygen atoms in total. The highest BCUT2D eigenvalue weighted by atomic mass is 16.7. The smallest absolute Gasteiger partial charge is 0.185 e. The molecule has 1 fully saturated rings. The summed E-state index contributed by atoms with van der Waals surface area (Å²) in [6.45, 7) is 7.51. The van der Waals surface area contributed by atoms with Crippen LogP contribution >= 0.6 is 0 Å². The molecular formula is C44H82N4O2. The molecule has 1 aliphatic rings. The zero-order chi connectivity index (χ0) is 36.1. The minimum absolute atomic E-state index is 0.150. The van der Waals surface area contributed by atoms with Gasteiger partial charge < -0.3 is 26.3 Å². The number of nitrogens with one attached hydrogen (secondary N) is 1. The van der Waals surface area contributed by atoms with Crippen LogP contribution in [0, 0.1) is 0 Å². The first kappa shape index (κ1) is 46.1. The van der Waals surface area contributed by atoms with Crippen molar-refractivity contribution in [2.45, 2.75) is 199 Å². The van der Waals surface area contributed by atoms with Gasteiger partial charge in [0.15, 0.2) is 11.7 Å². The van der Waals surface area contributed by atoms with Gasteiger partial charge in [0.05, 0.1) is 19.3 Å². The Morgan fingerprint density at radius 1 is 0.600 bits per heavy atom. The average molecular weight is 699 g/mol. The number of rotatable bonds is 36. The molecule has 290 valence electrons. The van der Waals surface area contributed by atoms with E-state index >= 15 is 0 Å². The number of nitrogens with two attached hydrogens (primary N) is 2. The predicted molar refractivity (Wildman–Crippen MR) is 220 cm³/mol. The van der Waals surface area contributed by atoms with E-state index in [0.717, 1.165) is 45.2 Å². The fourth-order valence-corrected chi connectivity index (χ4v) is 6.56. The van der Waals surface area contributed by atoms with Crippen LogP contribution in [-0.4, -0.2) is 44.1 Å². The molecule has 0 bridgehead atoms. The Morgan fingerprint density at radius 2 is 1.04 bits per heavy atom. The van der Waals surface area contributed by atoms with Gasteiger partial charge in [-0.05, 0) is 90.0 Å². The molecule has 0 aromatic carbocycles. The molecular weight excluding hydrogens is 617 g/mol. The Morgan fingerprint density at radius 3 is 1.50 bits per heavy atom. The van der Waals surface area contributed by atoms with Crippen molar-refractivity contribution in [2.24, 2.45) is 16.5 Å². The maximum atomic E-state index is 6.69. The van der Waals surface area contributed by atoms with Crippen molar-refractivity contribution in [2.75, 3.05) is 26.2 Å². The number of hydrogen-bond acceptors (Lipinski definition) is 4. The van der Waals surface area contributed by atoms with Crippen molar-refractivity contribution in [3.63, 3.8) is 0 Å². The Balaban J connectivity index is 2.25. The molecule has 6 heteroatoms. The molecule has 1 heterocycles. The monoisotopic (exact) mass is 699 g/mol. The SMILES string of the molecule is CCCCC/C=C\C/C=C\CCCCCCCCC1(CCCCCCCC/C=C\C/C=C\CCCCC)OCC(CCNCCN=C(N)N)O1. The summed E-state index contributed by atoms with van der Waals surface area (Å²) in [4.78, 5) is 4.05. The molecule has 50 heavy (non-hydrogen) atoms. The summed E-state index contributed by atoms with van der Waals surface area (Å²) in [6, 6.07) is 0. The quantitative estimate of drug-likeness (QED) is 0.0262. The van der Waals surface area contributed by atoms with Crippen molar-refractivity contribution in [1.29, 1.82) is 0 Å². The summed E-state index contributed by atoms with van der Waals surface area (Å²) >= 11 is 0. The normalized spacial score (nSPS) is 16.2. The Kier molecular flexibility index (Phi) is 32.8. The van der Waals surface area contributed by atoms with E-state index in [1.165, 1.54) is 141 Å². The molecule has 1 unspecified atom stereocenters. The van der Waals surface area contributed by atoms with Crippen LogP contribution in [-0.2, 0) is 9.47 Å². The van der Waals surface area contributed by atoms with Crippen LogP contribution in [0.25, 0.3) is 0 Å². The van der Waals surface area contributed by atoms with Gasteiger partial charge in [-0.25, -0.2) is 0 Å². The lowest BCUT2D eigenvalue weighted by atomic mass is 9.98. The molecule has 0 amide bonds. The van der Waals surface area contributed by atoms with Gasteiger partial charge in [0.1, 0.15) is 0 Å². The van der Waals surface area contributed by atoms with Gasteiger partial charge in [-0.3, -0.25) is 4.99 Å². The number of aliphatic imine (C=N–C) groups is 1. The topological polar surface area (TPSA) is 94.9 Å². The Labute approximate surface area is 310 Å². The number of guanidine groups is 1. The minimum Gasteiger partial charge on any atom is -0.370 e. The standard InChI is InChI=1S/C44H82N4O2/c1-3-5-7-9-11-13-15-17-19-21-23-25-27-29-31-33-36-44(49-41-42(50-44)35-38-47-39-40-48-43(45)46)37-34-32-30-28-26-24-22-20-18-16-14-12-10-8-6-4-2/h11-14,17-20,42,47H,3-10,15-16,21-41H2,1-2H3,(H4,45,46,48)/b13-11-,14-12-,19-17-,20-18-. The molecule has 1 saturated heterocycles. The molecule has 0 aliphatic carbocycles. The van der Waals surface area contributed by atoms with Gasteiger partial charge in [-0.15, -0.1) is 0 Å². The zero-order valence-corrected chi connectivity index (χ0v) is 33.0. The highest BCUT2D eigenvalue weighted by Gasteiger charge is 2.40. The van der Waals surface area contributed by atoms with Crippen molar-refractivity contribution in [1.82, 2.24) is 5.32 Å². The fourth-order valence-electron chi connectivity index (χ4n) is 6.56. The first-order chi connectivity index (χ1) is 24.6. The van der Waals surface area contributed by atoms with E-state index in [-0.39, 0.29) is 17.9 Å². The maximum absolute atomic E-state index is 6.69. The number of ether oxygens (including phenoxy) is 2. The summed E-state index contributed by atoms with van der Waals surface area (Å²) in [5.41, 5.74) is 10.9. The summed E-state index contributed by atoms with van der Waals surface area (Å²) in [7, 11) is 0. The third-order valence-corrected chi connectivity index (χ3v) is 9.66. The molecule has 1 rings (SSSR count). The van der Waals surface area contributed by atoms with E-state index < -0.39 is 0 Å². The second-order valence-electron chi connectivity index (χ2n) is 14.5. The van der Waals surface area contributed by atoms with Crippen LogP contribution in [0.15, 0.2) is 53.6 Å². The number of hydrogen-bond donors (Lipinski definition) is 3. The molecule has 0 saturated carbocycles. The van der Waals surface area contributed by atoms with E-state index in [1.807, 2.05) is 0 Å². The van der Waals surface area contributed by atoms with E-state index in [4.69, 9.17) is 20.9 Å². The zero-order valence-electron chi connectivity index (χ0n) is 33.0. The van der Waals surface area contributed by atoms with Crippen molar-refractivity contribution >= 4 is 5.96 Å². The van der Waals surface area contributed by atoms with Gasteiger partial charge >= 0.3 is 0 Å². The highest BCUT2D eigenvalue weighted by molar-refractivity contribution is 5.75. The van der Waals surface area contributed by atoms with Gasteiger partial charge in [-0.2, -0.15) is 0 Å². The van der Waals surface area contributed by atoms with E-state index in [9.17, 15) is 0 Å². The van der Waals surface area contributed by atoms with E-state index in [2.05, 4.69) is 72.8 Å². The number of nitrogens with zero attached hydrogens (tertiary/aromatic N) is 1. The lowest BCUT2D eigenvalue weighted by Gasteiger charge is -2.28. The van der Waals surface area contributed by atoms with Crippen molar-refractivity contribution < 1.29 is 9.47 Å². The van der Waals surface area contributed by atoms with Crippen LogP contribution in [0.4, 0.5) is 0 Å². The van der Waals surface area contributed by atoms with Crippen LogP contribution in [0.1, 0.15) is 187 Å². The minimum atomic E-state index is -0.382. The van der Waals surface area contributed by atoms with Crippen LogP contribution in [0.5, 0.6) is 0 Å². The fraction of sp³-hybridized carbons (Fsp3) is 0.795. The second kappa shape index (κ2) is 35.5. The van der Waals surface area contributed by atoms with Crippen LogP contribution in [0.2, 0.25) is 0 Å². The Bertz CT molecular complexity index is 829. The third kappa shape index (κ3) is 29.8. The largest absolute Gasteiger partial charge is 0.370 e. The highest BCUT2D eigenvalue weighted by Crippen LogP contribution is 2.35. The Hall–Kier alpha value is -1.89. The molecule has 0 radical (unpaired) electrons. The first-order valence-corrected chi connectivity index (χ1v) is 21.3. The van der Waals surface area contributed by atoms with Gasteiger partial charge in [0.2, 0.25) is 0 Å². The van der Waals surface area contributed by atoms with Crippen LogP contribution < -0.4 is 16.8 Å². The third-order valence-electron chi connectivity index (χ3n) is 9.66. The average Bonchev–Trinajstić information content (AvgIpc) is 3.52. The van der Waals surface area contributed by atoms with Crippen molar-refractivity contribution in [3.8, 4) is 0 Å². The van der Waals surface area contributed by atoms with E-state index in [1.54, 1.807) is 0 Å². The molecule has 0 aromatic heterocycles. The van der Waals surface area contributed by atoms with Gasteiger partial charge in [-0.1, -0.05) is 140 Å². The molecule has 0 aromatic rings. The van der Waals surface area contributed by atoms with Crippen LogP contribution in [0.3, 0.4) is 0 Å². The lowest BCUT2D eigenvalue weighted by molar-refractivity contribution is -0.179. The summed E-state index contributed by atoms with van der Waals surface area (Å²) in [5, 5.41) is 3.43. The summed E-state index contributed by atoms with van der Waals surface area (Å²) in [5.74, 6) is -0.231. The predicted octanol–water partition coefficient (Wildman–Crippen LogP) is 11.8. The molecule has 5 N–H and O–H groups in total. The molecule has 1 atom stereocenters.